The van der Waals surface area contributed by atoms with Crippen molar-refractivity contribution in [3.05, 3.63) is 29.8 Å². The Morgan fingerprint density at radius 1 is 0.961 bits per heavy atom. The lowest BCUT2D eigenvalue weighted by molar-refractivity contribution is -0.148. The molecule has 0 saturated carbocycles. The first-order valence-electron chi connectivity index (χ1n) is 19.2. The average molecular weight is 753 g/mol. The van der Waals surface area contributed by atoms with E-state index in [-0.39, 0.29) is 41.8 Å². The van der Waals surface area contributed by atoms with Crippen molar-refractivity contribution >= 4 is 28.4 Å². The molecule has 1 heterocycles. The van der Waals surface area contributed by atoms with E-state index in [1.165, 1.54) is 6.92 Å². The van der Waals surface area contributed by atoms with Gasteiger partial charge in [0.15, 0.2) is 16.6 Å². The number of rotatable bonds is 23. The number of aliphatic hydroxyl groups excluding tert-OH is 1. The molecule has 1 aromatic rings. The number of Topliss-reactive ketones (excluding diaryl/α,β-unsaturated/α-hetero) is 1. The summed E-state index contributed by atoms with van der Waals surface area (Å²) >= 11 is 0. The van der Waals surface area contributed by atoms with E-state index in [9.17, 15) is 14.7 Å². The van der Waals surface area contributed by atoms with Gasteiger partial charge in [-0.05, 0) is 60.9 Å². The molecule has 1 N–H and O–H groups in total. The number of benzene rings is 1. The van der Waals surface area contributed by atoms with Crippen molar-refractivity contribution < 1.29 is 42.5 Å². The summed E-state index contributed by atoms with van der Waals surface area (Å²) in [5.74, 6) is -0.656. The zero-order valence-electron chi connectivity index (χ0n) is 34.6. The zero-order chi connectivity index (χ0) is 38.9. The molecular weight excluding hydrogens is 681 g/mol. The molecule has 0 aliphatic carbocycles. The highest BCUT2D eigenvalue weighted by Gasteiger charge is 2.65. The van der Waals surface area contributed by atoms with E-state index in [1.54, 1.807) is 7.11 Å². The Kier molecular flexibility index (Phi) is 17.1. The number of hydrogen-bond acceptors (Lipinski definition) is 9. The van der Waals surface area contributed by atoms with Crippen LogP contribution in [-0.2, 0) is 39.3 Å². The number of esters is 1. The molecule has 0 aromatic heterocycles. The van der Waals surface area contributed by atoms with E-state index < -0.39 is 58.4 Å². The van der Waals surface area contributed by atoms with Crippen molar-refractivity contribution in [3.63, 3.8) is 0 Å². The van der Waals surface area contributed by atoms with Gasteiger partial charge in [-0.15, -0.1) is 0 Å². The standard InChI is InChI=1S/C40H72O9Si2/c1-16-51(17-2,18-3)48-36(29(7)35(43)23-34(42)27(4)5)33(26-46-30(8)41)38(49-50(14,15)39(9,10)11)40(12)37(47-40)28(6)24-45-25-31-19-21-32(44-13)22-20-31/h19-22,27-29,33,35-38,43H,16-18,23-26H2,1-15H3/t28-,29+,33-,35?,36+,37+,38-,40-/m0/s1. The number of carbonyl (C=O) groups excluding carboxylic acids is 2. The lowest BCUT2D eigenvalue weighted by atomic mass is 9.78. The van der Waals surface area contributed by atoms with Gasteiger partial charge in [0.25, 0.3) is 0 Å². The molecule has 1 saturated heterocycles. The fourth-order valence-electron chi connectivity index (χ4n) is 6.73. The number of ketones is 1. The number of aliphatic hydroxyl groups is 1. The summed E-state index contributed by atoms with van der Waals surface area (Å²) in [6, 6.07) is 10.6. The Balaban J connectivity index is 2.61. The van der Waals surface area contributed by atoms with Crippen LogP contribution in [0.5, 0.6) is 5.75 Å². The van der Waals surface area contributed by atoms with E-state index in [0.29, 0.717) is 13.2 Å². The third-order valence-electron chi connectivity index (χ3n) is 11.8. The van der Waals surface area contributed by atoms with Crippen molar-refractivity contribution in [2.45, 2.75) is 162 Å². The molecule has 1 aromatic carbocycles. The predicted octanol–water partition coefficient (Wildman–Crippen LogP) is 8.58. The van der Waals surface area contributed by atoms with Crippen LogP contribution in [0, 0.1) is 23.7 Å². The predicted molar refractivity (Wildman–Crippen MR) is 209 cm³/mol. The quantitative estimate of drug-likeness (QED) is 0.0667. The second kappa shape index (κ2) is 19.1. The topological polar surface area (TPSA) is 113 Å². The van der Waals surface area contributed by atoms with Crippen molar-refractivity contribution in [3.8, 4) is 5.75 Å². The average Bonchev–Trinajstić information content (AvgIpc) is 3.77. The van der Waals surface area contributed by atoms with Crippen LogP contribution in [0.3, 0.4) is 0 Å². The first kappa shape index (κ1) is 45.6. The Morgan fingerprint density at radius 2 is 1.53 bits per heavy atom. The first-order valence-corrected chi connectivity index (χ1v) is 24.6. The Labute approximate surface area is 312 Å². The monoisotopic (exact) mass is 752 g/mol. The summed E-state index contributed by atoms with van der Waals surface area (Å²) in [7, 11) is -3.10. The van der Waals surface area contributed by atoms with E-state index in [1.807, 2.05) is 45.0 Å². The van der Waals surface area contributed by atoms with E-state index in [0.717, 1.165) is 29.4 Å². The number of methoxy groups -OCH3 is 1. The molecule has 294 valence electrons. The van der Waals surface area contributed by atoms with Gasteiger partial charge in [0.05, 0.1) is 51.3 Å². The van der Waals surface area contributed by atoms with Crippen molar-refractivity contribution in [2.24, 2.45) is 23.7 Å². The summed E-state index contributed by atoms with van der Waals surface area (Å²) in [4.78, 5) is 25.4. The third kappa shape index (κ3) is 12.2. The fourth-order valence-corrected chi connectivity index (χ4v) is 11.1. The van der Waals surface area contributed by atoms with E-state index in [4.69, 9.17) is 27.8 Å². The van der Waals surface area contributed by atoms with Gasteiger partial charge >= 0.3 is 5.97 Å². The van der Waals surface area contributed by atoms with Crippen LogP contribution in [0.1, 0.15) is 95.1 Å². The lowest BCUT2D eigenvalue weighted by Gasteiger charge is -2.47. The summed E-state index contributed by atoms with van der Waals surface area (Å²) in [5.41, 5.74) is 0.319. The molecule has 1 fully saturated rings. The smallest absolute Gasteiger partial charge is 0.302 e. The van der Waals surface area contributed by atoms with Gasteiger partial charge in [-0.3, -0.25) is 9.59 Å². The Hall–Kier alpha value is -1.61. The minimum atomic E-state index is -2.45. The van der Waals surface area contributed by atoms with Crippen molar-refractivity contribution in [1.82, 2.24) is 0 Å². The molecule has 1 aliphatic rings. The maximum absolute atomic E-state index is 12.9. The minimum absolute atomic E-state index is 0.00436. The summed E-state index contributed by atoms with van der Waals surface area (Å²) in [6.07, 6.45) is -2.17. The first-order chi connectivity index (χ1) is 23.6. The number of hydrogen-bond donors (Lipinski definition) is 1. The van der Waals surface area contributed by atoms with E-state index >= 15 is 0 Å². The molecule has 2 rings (SSSR count). The van der Waals surface area contributed by atoms with Gasteiger partial charge in [-0.2, -0.15) is 0 Å². The second-order valence-electron chi connectivity index (χ2n) is 16.9. The molecule has 1 aliphatic heterocycles. The lowest BCUT2D eigenvalue weighted by Crippen LogP contribution is -2.58. The van der Waals surface area contributed by atoms with Crippen LogP contribution in [0.25, 0.3) is 0 Å². The largest absolute Gasteiger partial charge is 0.497 e. The SMILES string of the molecule is CC[Si](CC)(CC)O[C@@H]([C@H](COC(C)=O)[C@H](O[Si](C)(C)C(C)(C)C)[C@@]1(C)O[C@@H]1[C@@H](C)COCc1ccc(OC)cc1)[C@H](C)C(O)CC(=O)C(C)C. The maximum atomic E-state index is 12.9. The molecule has 9 nitrogen and oxygen atoms in total. The van der Waals surface area contributed by atoms with Crippen LogP contribution in [-0.4, -0.2) is 83.8 Å². The Morgan fingerprint density at radius 3 is 2.00 bits per heavy atom. The highest BCUT2D eigenvalue weighted by atomic mass is 28.4. The van der Waals surface area contributed by atoms with Crippen LogP contribution in [0.15, 0.2) is 24.3 Å². The molecular formula is C40H72O9Si2. The highest BCUT2D eigenvalue weighted by Crippen LogP contribution is 2.52. The zero-order valence-corrected chi connectivity index (χ0v) is 36.6. The van der Waals surface area contributed by atoms with Gasteiger partial charge in [0.1, 0.15) is 17.1 Å². The van der Waals surface area contributed by atoms with Crippen LogP contribution in [0.2, 0.25) is 36.3 Å². The minimum Gasteiger partial charge on any atom is -0.497 e. The summed E-state index contributed by atoms with van der Waals surface area (Å²) in [6.45, 7) is 30.0. The number of ether oxygens (including phenoxy) is 4. The van der Waals surface area contributed by atoms with Crippen LogP contribution < -0.4 is 4.74 Å². The van der Waals surface area contributed by atoms with Crippen LogP contribution >= 0.6 is 0 Å². The van der Waals surface area contributed by atoms with E-state index in [2.05, 4.69) is 68.5 Å². The molecule has 0 radical (unpaired) electrons. The fraction of sp³-hybridized carbons (Fsp3) is 0.800. The van der Waals surface area contributed by atoms with Gasteiger partial charge in [-0.1, -0.05) is 81.4 Å². The Bertz CT molecular complexity index is 1220. The summed E-state index contributed by atoms with van der Waals surface area (Å²) in [5, 5.41) is 11.6. The maximum Gasteiger partial charge on any atom is 0.302 e. The second-order valence-corrected chi connectivity index (χ2v) is 26.4. The molecule has 0 amide bonds. The van der Waals surface area contributed by atoms with Gasteiger partial charge < -0.3 is 32.9 Å². The molecule has 8 atom stereocenters. The van der Waals surface area contributed by atoms with Crippen molar-refractivity contribution in [1.29, 1.82) is 0 Å². The number of carbonyl (C=O) groups is 2. The molecule has 0 spiro atoms. The van der Waals surface area contributed by atoms with Crippen LogP contribution in [0.4, 0.5) is 0 Å². The molecule has 11 heteroatoms. The van der Waals surface area contributed by atoms with Gasteiger partial charge in [0, 0.05) is 37.0 Å². The summed E-state index contributed by atoms with van der Waals surface area (Å²) < 4.78 is 38.8. The van der Waals surface area contributed by atoms with Gasteiger partial charge in [-0.25, -0.2) is 0 Å². The number of epoxide rings is 1. The van der Waals surface area contributed by atoms with Gasteiger partial charge in [0.2, 0.25) is 0 Å². The molecule has 1 unspecified atom stereocenters. The molecule has 0 bridgehead atoms. The highest BCUT2D eigenvalue weighted by molar-refractivity contribution is 6.74. The van der Waals surface area contributed by atoms with Crippen molar-refractivity contribution in [2.75, 3.05) is 20.3 Å². The third-order valence-corrected chi connectivity index (χ3v) is 20.9. The molecule has 51 heavy (non-hydrogen) atoms. The normalized spacial score (nSPS) is 21.8.